The Morgan fingerprint density at radius 3 is 2.70 bits per heavy atom. The number of benzene rings is 1. The molecule has 0 aliphatic heterocycles. The van der Waals surface area contributed by atoms with Crippen molar-refractivity contribution >= 4 is 27.0 Å². The van der Waals surface area contributed by atoms with Crippen molar-refractivity contribution in [3.05, 3.63) is 39.8 Å². The molecule has 0 radical (unpaired) electrons. The van der Waals surface area contributed by atoms with Crippen molar-refractivity contribution in [2.75, 3.05) is 12.3 Å². The highest BCUT2D eigenvalue weighted by molar-refractivity contribution is 7.89. The number of hydrogen-bond donors (Lipinski definition) is 2. The van der Waals surface area contributed by atoms with Gasteiger partial charge in [-0.15, -0.1) is 11.3 Å². The van der Waals surface area contributed by atoms with Gasteiger partial charge >= 0.3 is 0 Å². The molecule has 1 heterocycles. The average Bonchev–Trinajstić information content (AvgIpc) is 2.74. The van der Waals surface area contributed by atoms with E-state index in [-0.39, 0.29) is 4.90 Å². The Labute approximate surface area is 122 Å². The van der Waals surface area contributed by atoms with Crippen molar-refractivity contribution in [2.24, 2.45) is 0 Å². The monoisotopic (exact) mass is 311 g/mol. The quantitative estimate of drug-likeness (QED) is 0.825. The van der Waals surface area contributed by atoms with Crippen LogP contribution in [0.2, 0.25) is 0 Å². The first-order valence-electron chi connectivity index (χ1n) is 6.15. The summed E-state index contributed by atoms with van der Waals surface area (Å²) in [6, 6.07) is 4.77. The summed E-state index contributed by atoms with van der Waals surface area (Å²) in [5.74, 6) is 0. The smallest absolute Gasteiger partial charge is 0.240 e. The Bertz CT molecular complexity index is 708. The van der Waals surface area contributed by atoms with Crippen molar-refractivity contribution in [3.63, 3.8) is 0 Å². The number of nitrogens with zero attached hydrogens (tertiary/aromatic N) is 1. The Kier molecular flexibility index (Phi) is 4.42. The molecule has 0 aliphatic rings. The van der Waals surface area contributed by atoms with Gasteiger partial charge in [-0.3, -0.25) is 0 Å². The maximum atomic E-state index is 12.2. The van der Waals surface area contributed by atoms with Crippen LogP contribution in [-0.4, -0.2) is 19.9 Å². The van der Waals surface area contributed by atoms with E-state index in [2.05, 4.69) is 9.71 Å². The predicted octanol–water partition coefficient (Wildman–Crippen LogP) is 1.86. The van der Waals surface area contributed by atoms with Gasteiger partial charge in [-0.25, -0.2) is 18.1 Å². The number of nitrogen functional groups attached to an aromatic ring is 1. The molecule has 2 rings (SSSR count). The van der Waals surface area contributed by atoms with Gasteiger partial charge in [0.15, 0.2) is 0 Å². The van der Waals surface area contributed by atoms with E-state index < -0.39 is 10.0 Å². The number of nitrogens with one attached hydrogen (secondary N) is 1. The fourth-order valence-corrected chi connectivity index (χ4v) is 3.89. The first kappa shape index (κ1) is 15.0. The largest absolute Gasteiger partial charge is 0.399 e. The number of aryl methyl sites for hydroxylation is 2. The molecule has 7 heteroatoms. The lowest BCUT2D eigenvalue weighted by atomic mass is 10.2. The minimum atomic E-state index is -3.50. The molecule has 0 spiro atoms. The molecule has 0 saturated carbocycles. The maximum Gasteiger partial charge on any atom is 0.240 e. The van der Waals surface area contributed by atoms with Crippen LogP contribution in [0.15, 0.2) is 28.5 Å². The molecule has 0 aliphatic carbocycles. The molecule has 108 valence electrons. The van der Waals surface area contributed by atoms with Crippen LogP contribution in [0.4, 0.5) is 5.69 Å². The fourth-order valence-electron chi connectivity index (χ4n) is 1.86. The highest BCUT2D eigenvalue weighted by atomic mass is 32.2. The molecule has 0 atom stereocenters. The van der Waals surface area contributed by atoms with E-state index >= 15 is 0 Å². The van der Waals surface area contributed by atoms with Crippen LogP contribution in [0.25, 0.3) is 0 Å². The van der Waals surface area contributed by atoms with Crippen LogP contribution in [0.5, 0.6) is 0 Å². The van der Waals surface area contributed by atoms with Crippen LogP contribution in [0.1, 0.15) is 16.3 Å². The number of nitrogens with two attached hydrogens (primary N) is 1. The van der Waals surface area contributed by atoms with Crippen molar-refractivity contribution in [1.29, 1.82) is 0 Å². The lowest BCUT2D eigenvalue weighted by molar-refractivity contribution is 0.581. The number of thiazole rings is 1. The van der Waals surface area contributed by atoms with Crippen LogP contribution in [0, 0.1) is 13.8 Å². The Balaban J connectivity index is 2.04. The second-order valence-electron chi connectivity index (χ2n) is 4.56. The van der Waals surface area contributed by atoms with Gasteiger partial charge in [0.25, 0.3) is 0 Å². The Morgan fingerprint density at radius 1 is 1.35 bits per heavy atom. The van der Waals surface area contributed by atoms with E-state index in [0.717, 1.165) is 10.7 Å². The van der Waals surface area contributed by atoms with E-state index in [0.29, 0.717) is 24.2 Å². The zero-order valence-corrected chi connectivity index (χ0v) is 13.0. The normalized spacial score (nSPS) is 11.7. The molecule has 20 heavy (non-hydrogen) atoms. The van der Waals surface area contributed by atoms with E-state index in [9.17, 15) is 8.42 Å². The zero-order valence-electron chi connectivity index (χ0n) is 11.4. The van der Waals surface area contributed by atoms with E-state index in [4.69, 9.17) is 5.73 Å². The number of rotatable bonds is 5. The van der Waals surface area contributed by atoms with Gasteiger partial charge in [-0.1, -0.05) is 0 Å². The summed E-state index contributed by atoms with van der Waals surface area (Å²) in [6.07, 6.45) is 0.589. The van der Waals surface area contributed by atoms with Gasteiger partial charge in [0.1, 0.15) is 0 Å². The second kappa shape index (κ2) is 5.90. The summed E-state index contributed by atoms with van der Waals surface area (Å²) in [4.78, 5) is 4.57. The first-order chi connectivity index (χ1) is 9.38. The summed E-state index contributed by atoms with van der Waals surface area (Å²) in [5, 5.41) is 2.88. The molecule has 3 N–H and O–H groups in total. The van der Waals surface area contributed by atoms with Gasteiger partial charge in [-0.05, 0) is 37.6 Å². The molecule has 0 amide bonds. The molecule has 0 unspecified atom stereocenters. The molecule has 0 saturated heterocycles. The number of hydrogen-bond acceptors (Lipinski definition) is 5. The van der Waals surface area contributed by atoms with Gasteiger partial charge in [0.2, 0.25) is 10.0 Å². The van der Waals surface area contributed by atoms with Crippen molar-refractivity contribution in [3.8, 4) is 0 Å². The fraction of sp³-hybridized carbons (Fsp3) is 0.308. The van der Waals surface area contributed by atoms with Gasteiger partial charge < -0.3 is 5.73 Å². The van der Waals surface area contributed by atoms with Crippen LogP contribution < -0.4 is 10.5 Å². The van der Waals surface area contributed by atoms with Gasteiger partial charge in [0, 0.05) is 29.7 Å². The highest BCUT2D eigenvalue weighted by Crippen LogP contribution is 2.17. The lowest BCUT2D eigenvalue weighted by Crippen LogP contribution is -2.26. The van der Waals surface area contributed by atoms with Crippen molar-refractivity contribution in [2.45, 2.75) is 25.2 Å². The van der Waals surface area contributed by atoms with Crippen molar-refractivity contribution in [1.82, 2.24) is 9.71 Å². The van der Waals surface area contributed by atoms with Gasteiger partial charge in [0.05, 0.1) is 9.90 Å². The van der Waals surface area contributed by atoms with E-state index in [1.54, 1.807) is 19.1 Å². The summed E-state index contributed by atoms with van der Waals surface area (Å²) in [7, 11) is -3.50. The average molecular weight is 311 g/mol. The number of sulfonamides is 1. The topological polar surface area (TPSA) is 85.1 Å². The molecule has 2 aromatic rings. The molecule has 5 nitrogen and oxygen atoms in total. The molecular weight excluding hydrogens is 294 g/mol. The van der Waals surface area contributed by atoms with Crippen LogP contribution in [0.3, 0.4) is 0 Å². The van der Waals surface area contributed by atoms with Crippen LogP contribution >= 0.6 is 11.3 Å². The third-order valence-electron chi connectivity index (χ3n) is 2.79. The third-order valence-corrected chi connectivity index (χ3v) is 5.43. The summed E-state index contributed by atoms with van der Waals surface area (Å²) in [6.45, 7) is 3.98. The molecule has 0 bridgehead atoms. The molecule has 1 aromatic heterocycles. The molecular formula is C13H17N3O2S2. The highest BCUT2D eigenvalue weighted by Gasteiger charge is 2.16. The lowest BCUT2D eigenvalue weighted by Gasteiger charge is -2.09. The van der Waals surface area contributed by atoms with E-state index in [1.165, 1.54) is 17.4 Å². The SMILES string of the molecule is Cc1csc(CCNS(=O)(=O)c2ccc(N)cc2C)n1. The van der Waals surface area contributed by atoms with Gasteiger partial charge in [-0.2, -0.15) is 0 Å². The second-order valence-corrected chi connectivity index (χ2v) is 7.23. The van der Waals surface area contributed by atoms with E-state index in [1.807, 2.05) is 12.3 Å². The summed E-state index contributed by atoms with van der Waals surface area (Å²) < 4.78 is 27.0. The Morgan fingerprint density at radius 2 is 2.10 bits per heavy atom. The molecule has 0 fully saturated rings. The standard InChI is InChI=1S/C13H17N3O2S2/c1-9-7-11(14)3-4-12(9)20(17,18)15-6-5-13-16-10(2)8-19-13/h3-4,7-8,15H,5-6,14H2,1-2H3. The Hall–Kier alpha value is -1.44. The van der Waals surface area contributed by atoms with Crippen molar-refractivity contribution < 1.29 is 8.42 Å². The third kappa shape index (κ3) is 3.56. The maximum absolute atomic E-state index is 12.2. The zero-order chi connectivity index (χ0) is 14.8. The molecule has 1 aromatic carbocycles. The number of anilines is 1. The van der Waals surface area contributed by atoms with Crippen LogP contribution in [-0.2, 0) is 16.4 Å². The predicted molar refractivity (Wildman–Crippen MR) is 81.3 cm³/mol. The first-order valence-corrected chi connectivity index (χ1v) is 8.51. The minimum Gasteiger partial charge on any atom is -0.399 e. The minimum absolute atomic E-state index is 0.266. The summed E-state index contributed by atoms with van der Waals surface area (Å²) in [5.41, 5.74) is 7.78. The summed E-state index contributed by atoms with van der Waals surface area (Å²) >= 11 is 1.54. The number of aromatic nitrogens is 1.